The van der Waals surface area contributed by atoms with Gasteiger partial charge in [-0.2, -0.15) is 0 Å². The Morgan fingerprint density at radius 1 is 1.21 bits per heavy atom. The number of para-hydroxylation sites is 1. The van der Waals surface area contributed by atoms with Gasteiger partial charge in [0, 0.05) is 24.8 Å². The lowest BCUT2D eigenvalue weighted by molar-refractivity contribution is 0.0572. The quantitative estimate of drug-likeness (QED) is 0.750. The standard InChI is InChI=1S/C15H24N2O2/c1-3-12(16-4-2)11-7-5-6-8-13(11)17-9-14(18)15(19)10-17/h5-8,12,14-16,18-19H,3-4,9-10H2,1-2H3. The lowest BCUT2D eigenvalue weighted by Crippen LogP contribution is -2.26. The summed E-state index contributed by atoms with van der Waals surface area (Å²) in [5, 5.41) is 22.9. The van der Waals surface area contributed by atoms with Gasteiger partial charge in [0.15, 0.2) is 0 Å². The summed E-state index contributed by atoms with van der Waals surface area (Å²) in [6.07, 6.45) is -0.274. The van der Waals surface area contributed by atoms with Crippen LogP contribution in [0.25, 0.3) is 0 Å². The van der Waals surface area contributed by atoms with Crippen molar-refractivity contribution in [2.45, 2.75) is 38.5 Å². The summed E-state index contributed by atoms with van der Waals surface area (Å²) < 4.78 is 0. The van der Waals surface area contributed by atoms with Crippen molar-refractivity contribution >= 4 is 5.69 Å². The molecule has 1 aromatic carbocycles. The van der Waals surface area contributed by atoms with Crippen LogP contribution in [0.2, 0.25) is 0 Å². The highest BCUT2D eigenvalue weighted by atomic mass is 16.3. The van der Waals surface area contributed by atoms with Crippen molar-refractivity contribution in [1.29, 1.82) is 0 Å². The van der Waals surface area contributed by atoms with E-state index in [4.69, 9.17) is 0 Å². The normalized spacial score (nSPS) is 24.7. The number of aliphatic hydroxyl groups is 2. The first-order chi connectivity index (χ1) is 9.17. The highest BCUT2D eigenvalue weighted by Gasteiger charge is 2.31. The first kappa shape index (κ1) is 14.3. The maximum Gasteiger partial charge on any atom is 0.0990 e. The second-order valence-electron chi connectivity index (χ2n) is 5.12. The number of rotatable bonds is 5. The molecule has 3 N–H and O–H groups in total. The Kier molecular flexibility index (Phi) is 4.80. The average molecular weight is 264 g/mol. The molecule has 106 valence electrons. The smallest absolute Gasteiger partial charge is 0.0990 e. The van der Waals surface area contributed by atoms with Gasteiger partial charge in [-0.3, -0.25) is 0 Å². The maximum absolute atomic E-state index is 9.71. The van der Waals surface area contributed by atoms with E-state index in [1.165, 1.54) is 5.56 Å². The van der Waals surface area contributed by atoms with Crippen LogP contribution in [0.15, 0.2) is 24.3 Å². The number of hydrogen-bond acceptors (Lipinski definition) is 4. The minimum absolute atomic E-state index is 0.316. The van der Waals surface area contributed by atoms with E-state index in [0.29, 0.717) is 19.1 Å². The third-order valence-corrected chi connectivity index (χ3v) is 3.77. The second-order valence-corrected chi connectivity index (χ2v) is 5.12. The van der Waals surface area contributed by atoms with Gasteiger partial charge in [0.05, 0.1) is 12.2 Å². The first-order valence-corrected chi connectivity index (χ1v) is 7.10. The zero-order valence-corrected chi connectivity index (χ0v) is 11.7. The predicted octanol–water partition coefficient (Wildman–Crippen LogP) is 1.29. The molecule has 1 aliphatic heterocycles. The van der Waals surface area contributed by atoms with E-state index in [1.54, 1.807) is 0 Å². The molecule has 0 radical (unpaired) electrons. The molecule has 19 heavy (non-hydrogen) atoms. The van der Waals surface area contributed by atoms with Gasteiger partial charge < -0.3 is 20.4 Å². The van der Waals surface area contributed by atoms with Crippen LogP contribution in [-0.4, -0.2) is 42.1 Å². The van der Waals surface area contributed by atoms with Gasteiger partial charge in [0.1, 0.15) is 0 Å². The first-order valence-electron chi connectivity index (χ1n) is 7.10. The monoisotopic (exact) mass is 264 g/mol. The molecule has 0 amide bonds. The largest absolute Gasteiger partial charge is 0.389 e. The fourth-order valence-corrected chi connectivity index (χ4v) is 2.76. The van der Waals surface area contributed by atoms with E-state index < -0.39 is 12.2 Å². The van der Waals surface area contributed by atoms with Gasteiger partial charge in [-0.25, -0.2) is 0 Å². The number of nitrogens with one attached hydrogen (secondary N) is 1. The highest BCUT2D eigenvalue weighted by molar-refractivity contribution is 5.56. The van der Waals surface area contributed by atoms with Crippen molar-refractivity contribution < 1.29 is 10.2 Å². The van der Waals surface area contributed by atoms with Crippen LogP contribution in [0.4, 0.5) is 5.69 Å². The van der Waals surface area contributed by atoms with Gasteiger partial charge in [-0.15, -0.1) is 0 Å². The molecule has 0 spiro atoms. The van der Waals surface area contributed by atoms with E-state index in [2.05, 4.69) is 36.2 Å². The zero-order chi connectivity index (χ0) is 13.8. The van der Waals surface area contributed by atoms with Crippen molar-refractivity contribution in [3.05, 3.63) is 29.8 Å². The van der Waals surface area contributed by atoms with Crippen LogP contribution in [0.5, 0.6) is 0 Å². The Labute approximate surface area is 115 Å². The number of anilines is 1. The Bertz CT molecular complexity index is 401. The fraction of sp³-hybridized carbons (Fsp3) is 0.600. The lowest BCUT2D eigenvalue weighted by Gasteiger charge is -2.26. The molecule has 0 saturated carbocycles. The number of nitrogens with zero attached hydrogens (tertiary/aromatic N) is 1. The minimum atomic E-state index is -0.646. The summed E-state index contributed by atoms with van der Waals surface area (Å²) in [6.45, 7) is 6.20. The Hall–Kier alpha value is -1.10. The van der Waals surface area contributed by atoms with Crippen LogP contribution in [0, 0.1) is 0 Å². The van der Waals surface area contributed by atoms with Crippen LogP contribution < -0.4 is 10.2 Å². The molecule has 1 aliphatic rings. The Morgan fingerprint density at radius 3 is 2.42 bits per heavy atom. The number of hydrogen-bond donors (Lipinski definition) is 3. The zero-order valence-electron chi connectivity index (χ0n) is 11.7. The third-order valence-electron chi connectivity index (χ3n) is 3.77. The van der Waals surface area contributed by atoms with Gasteiger partial charge >= 0.3 is 0 Å². The van der Waals surface area contributed by atoms with E-state index in [0.717, 1.165) is 18.7 Å². The molecule has 1 heterocycles. The van der Waals surface area contributed by atoms with E-state index in [9.17, 15) is 10.2 Å². The number of aliphatic hydroxyl groups excluding tert-OH is 2. The summed E-state index contributed by atoms with van der Waals surface area (Å²) >= 11 is 0. The van der Waals surface area contributed by atoms with Gasteiger partial charge in [-0.1, -0.05) is 32.0 Å². The topological polar surface area (TPSA) is 55.7 Å². The molecule has 3 atom stereocenters. The van der Waals surface area contributed by atoms with Crippen LogP contribution in [0.1, 0.15) is 31.9 Å². The van der Waals surface area contributed by atoms with Crippen LogP contribution >= 0.6 is 0 Å². The van der Waals surface area contributed by atoms with Crippen molar-refractivity contribution in [1.82, 2.24) is 5.32 Å². The molecule has 1 saturated heterocycles. The Morgan fingerprint density at radius 2 is 1.84 bits per heavy atom. The summed E-state index contributed by atoms with van der Waals surface area (Å²) in [7, 11) is 0. The predicted molar refractivity (Wildman–Crippen MR) is 77.4 cm³/mol. The molecular formula is C15H24N2O2. The molecule has 4 nitrogen and oxygen atoms in total. The van der Waals surface area contributed by atoms with E-state index in [1.807, 2.05) is 12.1 Å². The highest BCUT2D eigenvalue weighted by Crippen LogP contribution is 2.30. The third kappa shape index (κ3) is 3.08. The van der Waals surface area contributed by atoms with Gasteiger partial charge in [0.25, 0.3) is 0 Å². The van der Waals surface area contributed by atoms with Crippen molar-refractivity contribution in [2.24, 2.45) is 0 Å². The molecule has 2 rings (SSSR count). The molecule has 1 aromatic rings. The summed E-state index contributed by atoms with van der Waals surface area (Å²) in [4.78, 5) is 2.07. The summed E-state index contributed by atoms with van der Waals surface area (Å²) in [5.74, 6) is 0. The fourth-order valence-electron chi connectivity index (χ4n) is 2.76. The van der Waals surface area contributed by atoms with Crippen molar-refractivity contribution in [3.63, 3.8) is 0 Å². The van der Waals surface area contributed by atoms with Crippen molar-refractivity contribution in [2.75, 3.05) is 24.5 Å². The SMILES string of the molecule is CCNC(CC)c1ccccc1N1CC(O)C(O)C1. The van der Waals surface area contributed by atoms with Crippen LogP contribution in [-0.2, 0) is 0 Å². The minimum Gasteiger partial charge on any atom is -0.389 e. The molecule has 1 fully saturated rings. The molecule has 0 aromatic heterocycles. The molecule has 4 heteroatoms. The maximum atomic E-state index is 9.71. The van der Waals surface area contributed by atoms with E-state index >= 15 is 0 Å². The van der Waals surface area contributed by atoms with E-state index in [-0.39, 0.29) is 0 Å². The molecule has 0 aliphatic carbocycles. The lowest BCUT2D eigenvalue weighted by atomic mass is 10.0. The van der Waals surface area contributed by atoms with Gasteiger partial charge in [0.2, 0.25) is 0 Å². The summed E-state index contributed by atoms with van der Waals surface area (Å²) in [6, 6.07) is 8.57. The van der Waals surface area contributed by atoms with Crippen LogP contribution in [0.3, 0.4) is 0 Å². The van der Waals surface area contributed by atoms with Gasteiger partial charge in [-0.05, 0) is 24.6 Å². The van der Waals surface area contributed by atoms with Crippen molar-refractivity contribution in [3.8, 4) is 0 Å². The average Bonchev–Trinajstić information content (AvgIpc) is 2.76. The number of benzene rings is 1. The molecular weight excluding hydrogens is 240 g/mol. The second kappa shape index (κ2) is 6.37. The molecule has 0 bridgehead atoms. The Balaban J connectivity index is 2.25. The number of β-amino-alcohol motifs (C(OH)–C–C–N with tert-alkyl or cyclic N) is 2. The molecule has 3 unspecified atom stereocenters. The summed E-state index contributed by atoms with van der Waals surface area (Å²) in [5.41, 5.74) is 2.36.